The minimum Gasteiger partial charge on any atom is -0.508 e. The molecular weight excluding hydrogens is 406 g/mol. The normalized spacial score (nSPS) is 12.8. The summed E-state index contributed by atoms with van der Waals surface area (Å²) in [5.74, 6) is -0.0137. The first-order valence-corrected chi connectivity index (χ1v) is 10.7. The number of phenols is 1. The number of nitrogens with one attached hydrogen (secondary N) is 1. The molecule has 0 bridgehead atoms. The summed E-state index contributed by atoms with van der Waals surface area (Å²) in [7, 11) is 0. The number of benzene rings is 3. The van der Waals surface area contributed by atoms with Crippen molar-refractivity contribution >= 4 is 5.97 Å². The zero-order valence-corrected chi connectivity index (χ0v) is 18.3. The summed E-state index contributed by atoms with van der Waals surface area (Å²) in [6.45, 7) is 4.91. The quantitative estimate of drug-likeness (QED) is 0.352. The fourth-order valence-electron chi connectivity index (χ4n) is 3.56. The van der Waals surface area contributed by atoms with Gasteiger partial charge in [0.1, 0.15) is 18.1 Å². The second-order valence-electron chi connectivity index (χ2n) is 7.68. The third kappa shape index (κ3) is 5.87. The molecule has 0 amide bonds. The van der Waals surface area contributed by atoms with E-state index in [1.54, 1.807) is 36.4 Å². The van der Waals surface area contributed by atoms with Gasteiger partial charge in [-0.3, -0.25) is 0 Å². The molecule has 3 aromatic carbocycles. The summed E-state index contributed by atoms with van der Waals surface area (Å²) in [5, 5.41) is 32.2. The van der Waals surface area contributed by atoms with Crippen LogP contribution in [0.25, 0.3) is 11.1 Å². The SMILES string of the molecule is CCc1cc(C(=O)O)ccc1-c1ccc(OCCN[C@H](C)[C@@H](O)c2ccc(O)cc2)cc1. The van der Waals surface area contributed by atoms with Crippen LogP contribution in [-0.2, 0) is 6.42 Å². The Morgan fingerprint density at radius 3 is 2.34 bits per heavy atom. The predicted octanol–water partition coefficient (Wildman–Crippen LogP) is 4.41. The van der Waals surface area contributed by atoms with Crippen molar-refractivity contribution in [2.45, 2.75) is 32.4 Å². The molecule has 168 valence electrons. The van der Waals surface area contributed by atoms with Crippen LogP contribution in [-0.4, -0.2) is 40.5 Å². The van der Waals surface area contributed by atoms with Crippen molar-refractivity contribution in [1.82, 2.24) is 5.32 Å². The average Bonchev–Trinajstić information content (AvgIpc) is 2.81. The van der Waals surface area contributed by atoms with E-state index in [9.17, 15) is 20.1 Å². The molecule has 2 atom stereocenters. The number of aromatic hydroxyl groups is 1. The summed E-state index contributed by atoms with van der Waals surface area (Å²) in [5.41, 5.74) is 4.05. The number of hydrogen-bond donors (Lipinski definition) is 4. The Hall–Kier alpha value is -3.35. The Balaban J connectivity index is 1.52. The van der Waals surface area contributed by atoms with Crippen LogP contribution in [0.15, 0.2) is 66.7 Å². The molecule has 3 aromatic rings. The lowest BCUT2D eigenvalue weighted by atomic mass is 9.96. The lowest BCUT2D eigenvalue weighted by Gasteiger charge is -2.21. The molecule has 4 N–H and O–H groups in total. The molecule has 0 saturated heterocycles. The van der Waals surface area contributed by atoms with Gasteiger partial charge in [0, 0.05) is 12.6 Å². The Morgan fingerprint density at radius 1 is 1.03 bits per heavy atom. The first-order chi connectivity index (χ1) is 15.4. The van der Waals surface area contributed by atoms with Gasteiger partial charge in [0.05, 0.1) is 11.7 Å². The molecule has 0 radical (unpaired) electrons. The Kier molecular flexibility index (Phi) is 7.87. The molecule has 3 rings (SSSR count). The Bertz CT molecular complexity index is 1030. The van der Waals surface area contributed by atoms with Crippen molar-refractivity contribution in [3.63, 3.8) is 0 Å². The van der Waals surface area contributed by atoms with Crippen LogP contribution in [0.3, 0.4) is 0 Å². The zero-order chi connectivity index (χ0) is 23.1. The van der Waals surface area contributed by atoms with Crippen LogP contribution >= 0.6 is 0 Å². The van der Waals surface area contributed by atoms with E-state index in [2.05, 4.69) is 5.32 Å². The zero-order valence-electron chi connectivity index (χ0n) is 18.3. The van der Waals surface area contributed by atoms with Gasteiger partial charge in [0.2, 0.25) is 0 Å². The van der Waals surface area contributed by atoms with Crippen molar-refractivity contribution < 1.29 is 24.9 Å². The maximum Gasteiger partial charge on any atom is 0.335 e. The van der Waals surface area contributed by atoms with E-state index in [4.69, 9.17) is 4.74 Å². The number of aryl methyl sites for hydroxylation is 1. The molecule has 0 fully saturated rings. The number of aliphatic hydroxyl groups excluding tert-OH is 1. The van der Waals surface area contributed by atoms with Crippen molar-refractivity contribution in [2.75, 3.05) is 13.2 Å². The summed E-state index contributed by atoms with van der Waals surface area (Å²) >= 11 is 0. The highest BCUT2D eigenvalue weighted by molar-refractivity contribution is 5.89. The monoisotopic (exact) mass is 435 g/mol. The van der Waals surface area contributed by atoms with E-state index in [0.717, 1.165) is 34.4 Å². The minimum absolute atomic E-state index is 0.171. The number of rotatable bonds is 10. The van der Waals surface area contributed by atoms with Crippen LogP contribution in [0.2, 0.25) is 0 Å². The molecule has 0 aliphatic heterocycles. The second-order valence-corrected chi connectivity index (χ2v) is 7.68. The van der Waals surface area contributed by atoms with Gasteiger partial charge in [0.25, 0.3) is 0 Å². The van der Waals surface area contributed by atoms with Crippen LogP contribution in [0.1, 0.15) is 41.4 Å². The first-order valence-electron chi connectivity index (χ1n) is 10.7. The molecule has 0 aromatic heterocycles. The van der Waals surface area contributed by atoms with Crippen LogP contribution < -0.4 is 10.1 Å². The van der Waals surface area contributed by atoms with Crippen LogP contribution in [0.4, 0.5) is 0 Å². The van der Waals surface area contributed by atoms with Gasteiger partial charge in [-0.15, -0.1) is 0 Å². The third-order valence-electron chi connectivity index (χ3n) is 5.44. The van der Waals surface area contributed by atoms with E-state index >= 15 is 0 Å². The van der Waals surface area contributed by atoms with Gasteiger partial charge in [-0.2, -0.15) is 0 Å². The summed E-state index contributed by atoms with van der Waals surface area (Å²) in [6.07, 6.45) is 0.0596. The lowest BCUT2D eigenvalue weighted by molar-refractivity contribution is 0.0696. The van der Waals surface area contributed by atoms with Crippen molar-refractivity contribution in [3.05, 3.63) is 83.4 Å². The topological polar surface area (TPSA) is 99.0 Å². The Labute approximate surface area is 188 Å². The van der Waals surface area contributed by atoms with Gasteiger partial charge in [-0.1, -0.05) is 37.3 Å². The van der Waals surface area contributed by atoms with E-state index in [0.29, 0.717) is 18.7 Å². The standard InChI is InChI=1S/C26H29NO5/c1-3-18-16-21(26(30)31)8-13-24(18)19-6-11-23(12-7-19)32-15-14-27-17(2)25(29)20-4-9-22(28)10-5-20/h4-13,16-17,25,27-29H,3,14-15H2,1-2H3,(H,30,31)/t17-,25-/m1/s1. The molecule has 0 aliphatic rings. The van der Waals surface area contributed by atoms with Gasteiger partial charge < -0.3 is 25.4 Å². The lowest BCUT2D eigenvalue weighted by Crippen LogP contribution is -2.35. The smallest absolute Gasteiger partial charge is 0.335 e. The summed E-state index contributed by atoms with van der Waals surface area (Å²) < 4.78 is 5.80. The number of carboxylic acids is 1. The van der Waals surface area contributed by atoms with Gasteiger partial charge in [-0.05, 0) is 72.0 Å². The number of carbonyl (C=O) groups is 1. The highest BCUT2D eigenvalue weighted by Gasteiger charge is 2.15. The van der Waals surface area contributed by atoms with Gasteiger partial charge >= 0.3 is 5.97 Å². The highest BCUT2D eigenvalue weighted by atomic mass is 16.5. The maximum absolute atomic E-state index is 11.2. The molecule has 0 spiro atoms. The average molecular weight is 436 g/mol. The molecule has 6 nitrogen and oxygen atoms in total. The summed E-state index contributed by atoms with van der Waals surface area (Å²) in [4.78, 5) is 11.2. The van der Waals surface area contributed by atoms with Crippen molar-refractivity contribution in [2.24, 2.45) is 0 Å². The van der Waals surface area contributed by atoms with Crippen molar-refractivity contribution in [3.8, 4) is 22.6 Å². The fourth-order valence-corrected chi connectivity index (χ4v) is 3.56. The largest absolute Gasteiger partial charge is 0.508 e. The van der Waals surface area contributed by atoms with Gasteiger partial charge in [-0.25, -0.2) is 4.79 Å². The first kappa shape index (κ1) is 23.3. The van der Waals surface area contributed by atoms with E-state index in [1.165, 1.54) is 0 Å². The van der Waals surface area contributed by atoms with E-state index in [-0.39, 0.29) is 11.8 Å². The van der Waals surface area contributed by atoms with E-state index < -0.39 is 12.1 Å². The number of aromatic carboxylic acids is 1. The number of ether oxygens (including phenoxy) is 1. The molecule has 0 aliphatic carbocycles. The number of carboxylic acid groups (broad SMARTS) is 1. The minimum atomic E-state index is -0.923. The predicted molar refractivity (Wildman–Crippen MR) is 124 cm³/mol. The number of hydrogen-bond acceptors (Lipinski definition) is 5. The number of phenolic OH excluding ortho intramolecular Hbond substituents is 1. The van der Waals surface area contributed by atoms with E-state index in [1.807, 2.05) is 44.2 Å². The molecule has 0 saturated carbocycles. The molecule has 0 heterocycles. The highest BCUT2D eigenvalue weighted by Crippen LogP contribution is 2.27. The molecule has 6 heteroatoms. The van der Waals surface area contributed by atoms with Crippen molar-refractivity contribution in [1.29, 1.82) is 0 Å². The molecule has 32 heavy (non-hydrogen) atoms. The fraction of sp³-hybridized carbons (Fsp3) is 0.269. The van der Waals surface area contributed by atoms with Gasteiger partial charge in [0.15, 0.2) is 0 Å². The van der Waals surface area contributed by atoms with Crippen LogP contribution in [0.5, 0.6) is 11.5 Å². The number of aliphatic hydroxyl groups is 1. The second kappa shape index (κ2) is 10.8. The maximum atomic E-state index is 11.2. The third-order valence-corrected chi connectivity index (χ3v) is 5.44. The Morgan fingerprint density at radius 2 is 1.72 bits per heavy atom. The van der Waals surface area contributed by atoms with Crippen LogP contribution in [0, 0.1) is 0 Å². The molecular formula is C26H29NO5. The molecule has 0 unspecified atom stereocenters. The summed E-state index contributed by atoms with van der Waals surface area (Å²) in [6, 6.07) is 19.3.